The van der Waals surface area contributed by atoms with Crippen molar-refractivity contribution in [1.29, 1.82) is 0 Å². The summed E-state index contributed by atoms with van der Waals surface area (Å²) in [5, 5.41) is 10.6. The Morgan fingerprint density at radius 3 is 2.84 bits per heavy atom. The fourth-order valence-corrected chi connectivity index (χ4v) is 2.25. The summed E-state index contributed by atoms with van der Waals surface area (Å²) in [5.74, 6) is 0.128. The molecule has 19 heavy (non-hydrogen) atoms. The van der Waals surface area contributed by atoms with Crippen LogP contribution in [0.5, 0.6) is 5.75 Å². The molecule has 0 fully saturated rings. The lowest BCUT2D eigenvalue weighted by Gasteiger charge is -2.10. The quantitative estimate of drug-likeness (QED) is 0.937. The number of rotatable bonds is 4. The number of hydrogen-bond donors (Lipinski definition) is 1. The molecule has 0 atom stereocenters. The average molecular weight is 318 g/mol. The molecule has 1 N–H and O–H groups in total. The third-order valence-corrected chi connectivity index (χ3v) is 3.34. The Kier molecular flexibility index (Phi) is 4.57. The molecule has 1 heterocycles. The number of nitrogens with one attached hydrogen (secondary N) is 1. The summed E-state index contributed by atoms with van der Waals surface area (Å²) in [5.41, 5.74) is 0.477. The molecule has 0 aliphatic rings. The van der Waals surface area contributed by atoms with Gasteiger partial charge in [0.2, 0.25) is 9.47 Å². The average Bonchev–Trinajstić information content (AvgIpc) is 2.80. The third-order valence-electron chi connectivity index (χ3n) is 2.08. The smallest absolute Gasteiger partial charge is 0.286 e. The van der Waals surface area contributed by atoms with Gasteiger partial charge in [0.15, 0.2) is 0 Å². The zero-order valence-electron chi connectivity index (χ0n) is 9.81. The van der Waals surface area contributed by atoms with Gasteiger partial charge in [-0.3, -0.25) is 4.79 Å². The lowest BCUT2D eigenvalue weighted by molar-refractivity contribution is 0.102. The largest absolute Gasteiger partial charge is 0.492 e. The molecule has 1 aromatic heterocycles. The Labute approximate surface area is 123 Å². The summed E-state index contributed by atoms with van der Waals surface area (Å²) in [6.45, 7) is 2.33. The number of carbonyl (C=O) groups is 1. The Hall–Kier alpha value is -1.37. The van der Waals surface area contributed by atoms with Gasteiger partial charge in [0.1, 0.15) is 5.75 Å². The van der Waals surface area contributed by atoms with Crippen LogP contribution in [0.3, 0.4) is 0 Å². The van der Waals surface area contributed by atoms with E-state index in [0.717, 1.165) is 11.3 Å². The van der Waals surface area contributed by atoms with E-state index in [9.17, 15) is 4.79 Å². The van der Waals surface area contributed by atoms with Gasteiger partial charge in [-0.1, -0.05) is 22.9 Å². The second-order valence-electron chi connectivity index (χ2n) is 3.39. The minimum Gasteiger partial charge on any atom is -0.492 e. The maximum absolute atomic E-state index is 11.9. The molecular weight excluding hydrogens is 309 g/mol. The topological polar surface area (TPSA) is 64.1 Å². The van der Waals surface area contributed by atoms with Crippen LogP contribution in [0, 0.1) is 0 Å². The van der Waals surface area contributed by atoms with E-state index in [1.807, 2.05) is 6.92 Å². The highest BCUT2D eigenvalue weighted by Gasteiger charge is 2.14. The van der Waals surface area contributed by atoms with Crippen molar-refractivity contribution in [1.82, 2.24) is 10.2 Å². The summed E-state index contributed by atoms with van der Waals surface area (Å²) in [6, 6.07) is 4.98. The molecule has 0 aliphatic heterocycles. The maximum atomic E-state index is 11.9. The second-order valence-corrected chi connectivity index (χ2v) is 5.38. The van der Waals surface area contributed by atoms with Crippen molar-refractivity contribution in [3.8, 4) is 5.75 Å². The minimum atomic E-state index is -0.410. The predicted octanol–water partition coefficient (Wildman–Crippen LogP) is 3.50. The first-order chi connectivity index (χ1) is 9.10. The summed E-state index contributed by atoms with van der Waals surface area (Å²) >= 11 is 12.5. The van der Waals surface area contributed by atoms with Crippen molar-refractivity contribution in [3.05, 3.63) is 32.7 Å². The number of halogens is 2. The Bertz CT molecular complexity index is 603. The SMILES string of the molecule is CCOc1ccc(Cl)cc1NC(=O)c1nnc(Cl)s1. The van der Waals surface area contributed by atoms with Crippen LogP contribution in [0.1, 0.15) is 16.7 Å². The number of nitrogens with zero attached hydrogens (tertiary/aromatic N) is 2. The maximum Gasteiger partial charge on any atom is 0.286 e. The number of aromatic nitrogens is 2. The molecule has 8 heteroatoms. The van der Waals surface area contributed by atoms with E-state index in [4.69, 9.17) is 27.9 Å². The molecule has 0 aliphatic carbocycles. The first-order valence-electron chi connectivity index (χ1n) is 5.33. The first kappa shape index (κ1) is 14.0. The number of hydrogen-bond acceptors (Lipinski definition) is 5. The van der Waals surface area contributed by atoms with Crippen molar-refractivity contribution in [2.75, 3.05) is 11.9 Å². The van der Waals surface area contributed by atoms with E-state index >= 15 is 0 Å². The van der Waals surface area contributed by atoms with E-state index in [1.54, 1.807) is 18.2 Å². The first-order valence-corrected chi connectivity index (χ1v) is 6.90. The molecule has 0 bridgehead atoms. The van der Waals surface area contributed by atoms with Crippen molar-refractivity contribution >= 4 is 46.1 Å². The van der Waals surface area contributed by atoms with Gasteiger partial charge in [0.25, 0.3) is 5.91 Å². The van der Waals surface area contributed by atoms with E-state index in [-0.39, 0.29) is 9.47 Å². The van der Waals surface area contributed by atoms with Crippen LogP contribution in [0.15, 0.2) is 18.2 Å². The number of benzene rings is 1. The van der Waals surface area contributed by atoms with Crippen LogP contribution in [-0.4, -0.2) is 22.7 Å². The fourth-order valence-electron chi connectivity index (χ4n) is 1.35. The fraction of sp³-hybridized carbons (Fsp3) is 0.182. The molecule has 2 rings (SSSR count). The third kappa shape index (κ3) is 3.56. The van der Waals surface area contributed by atoms with Crippen LogP contribution >= 0.6 is 34.5 Å². The predicted molar refractivity (Wildman–Crippen MR) is 75.5 cm³/mol. The van der Waals surface area contributed by atoms with Crippen LogP contribution in [0.2, 0.25) is 9.49 Å². The minimum absolute atomic E-state index is 0.174. The van der Waals surface area contributed by atoms with Gasteiger partial charge < -0.3 is 10.1 Å². The molecule has 1 aromatic carbocycles. The Morgan fingerprint density at radius 1 is 1.42 bits per heavy atom. The van der Waals surface area contributed by atoms with Gasteiger partial charge in [-0.25, -0.2) is 0 Å². The molecule has 0 saturated carbocycles. The molecule has 2 aromatic rings. The van der Waals surface area contributed by atoms with E-state index < -0.39 is 5.91 Å². The highest BCUT2D eigenvalue weighted by atomic mass is 35.5. The monoisotopic (exact) mass is 317 g/mol. The van der Waals surface area contributed by atoms with Crippen molar-refractivity contribution in [2.45, 2.75) is 6.92 Å². The van der Waals surface area contributed by atoms with Gasteiger partial charge in [-0.05, 0) is 36.7 Å². The van der Waals surface area contributed by atoms with Gasteiger partial charge >= 0.3 is 0 Å². The van der Waals surface area contributed by atoms with Crippen LogP contribution in [0.25, 0.3) is 0 Å². The number of anilines is 1. The molecular formula is C11H9Cl2N3O2S. The Morgan fingerprint density at radius 2 is 2.21 bits per heavy atom. The molecule has 0 spiro atoms. The zero-order chi connectivity index (χ0) is 13.8. The summed E-state index contributed by atoms with van der Waals surface area (Å²) < 4.78 is 5.61. The second kappa shape index (κ2) is 6.18. The van der Waals surface area contributed by atoms with Crippen LogP contribution in [-0.2, 0) is 0 Å². The van der Waals surface area contributed by atoms with Gasteiger partial charge in [0, 0.05) is 5.02 Å². The van der Waals surface area contributed by atoms with Gasteiger partial charge in [-0.2, -0.15) is 0 Å². The van der Waals surface area contributed by atoms with Crippen molar-refractivity contribution in [3.63, 3.8) is 0 Å². The molecule has 0 saturated heterocycles. The van der Waals surface area contributed by atoms with Gasteiger partial charge in [-0.15, -0.1) is 10.2 Å². The lowest BCUT2D eigenvalue weighted by Crippen LogP contribution is -2.12. The van der Waals surface area contributed by atoms with E-state index in [2.05, 4.69) is 15.5 Å². The summed E-state index contributed by atoms with van der Waals surface area (Å²) in [4.78, 5) is 11.9. The van der Waals surface area contributed by atoms with Crippen molar-refractivity contribution in [2.24, 2.45) is 0 Å². The standard InChI is InChI=1S/C11H9Cl2N3O2S/c1-2-18-8-4-3-6(12)5-7(8)14-9(17)10-15-16-11(13)19-10/h3-5H,2H2,1H3,(H,14,17). The molecule has 100 valence electrons. The van der Waals surface area contributed by atoms with Crippen LogP contribution < -0.4 is 10.1 Å². The number of carbonyl (C=O) groups excluding carboxylic acids is 1. The van der Waals surface area contributed by atoms with E-state index in [0.29, 0.717) is 23.1 Å². The zero-order valence-corrected chi connectivity index (χ0v) is 12.1. The van der Waals surface area contributed by atoms with Gasteiger partial charge in [0.05, 0.1) is 12.3 Å². The van der Waals surface area contributed by atoms with E-state index in [1.165, 1.54) is 0 Å². The lowest BCUT2D eigenvalue weighted by atomic mass is 10.3. The Balaban J connectivity index is 2.22. The molecule has 0 unspecified atom stereocenters. The summed E-state index contributed by atoms with van der Waals surface area (Å²) in [6.07, 6.45) is 0. The number of amides is 1. The number of ether oxygens (including phenoxy) is 1. The molecule has 1 amide bonds. The summed E-state index contributed by atoms with van der Waals surface area (Å²) in [7, 11) is 0. The van der Waals surface area contributed by atoms with Crippen LogP contribution in [0.4, 0.5) is 5.69 Å². The normalized spacial score (nSPS) is 10.3. The molecule has 5 nitrogen and oxygen atoms in total. The molecule has 0 radical (unpaired) electrons. The highest BCUT2D eigenvalue weighted by molar-refractivity contribution is 7.17. The van der Waals surface area contributed by atoms with Crippen molar-refractivity contribution < 1.29 is 9.53 Å². The highest BCUT2D eigenvalue weighted by Crippen LogP contribution is 2.29.